The molecule has 0 unspecified atom stereocenters. The first-order valence-corrected chi connectivity index (χ1v) is 5.91. The zero-order valence-corrected chi connectivity index (χ0v) is 9.43. The quantitative estimate of drug-likeness (QED) is 0.813. The van der Waals surface area contributed by atoms with E-state index in [9.17, 15) is 18.0 Å². The van der Waals surface area contributed by atoms with Crippen LogP contribution in [0.2, 0.25) is 0 Å². The largest absolute Gasteiger partial charge is 0.391 e. The molecule has 17 heavy (non-hydrogen) atoms. The highest BCUT2D eigenvalue weighted by Crippen LogP contribution is 2.39. The number of ether oxygens (including phenoxy) is 1. The van der Waals surface area contributed by atoms with Gasteiger partial charge in [-0.25, -0.2) is 0 Å². The molecule has 1 amide bonds. The fraction of sp³-hybridized carbons (Fsp3) is 0.909. The van der Waals surface area contributed by atoms with Crippen molar-refractivity contribution in [2.45, 2.75) is 37.9 Å². The van der Waals surface area contributed by atoms with Crippen molar-refractivity contribution in [2.24, 2.45) is 11.8 Å². The summed E-state index contributed by atoms with van der Waals surface area (Å²) in [5.41, 5.74) is 0. The second-order valence-electron chi connectivity index (χ2n) is 4.83. The van der Waals surface area contributed by atoms with Crippen LogP contribution in [-0.2, 0) is 9.53 Å². The fourth-order valence-electron chi connectivity index (χ4n) is 2.32. The minimum absolute atomic E-state index is 0.0582. The van der Waals surface area contributed by atoms with E-state index in [0.717, 1.165) is 0 Å². The van der Waals surface area contributed by atoms with Gasteiger partial charge >= 0.3 is 6.18 Å². The Morgan fingerprint density at radius 1 is 1.12 bits per heavy atom. The molecular formula is C11H16F3NO2. The number of alkyl halides is 3. The van der Waals surface area contributed by atoms with E-state index in [1.165, 1.54) is 0 Å². The zero-order valence-electron chi connectivity index (χ0n) is 9.43. The highest BCUT2D eigenvalue weighted by molar-refractivity contribution is 5.79. The second kappa shape index (κ2) is 4.84. The van der Waals surface area contributed by atoms with Crippen LogP contribution in [0.1, 0.15) is 25.7 Å². The average Bonchev–Trinajstić information content (AvgIpc) is 2.22. The summed E-state index contributed by atoms with van der Waals surface area (Å²) in [5, 5.41) is 2.79. The molecule has 2 fully saturated rings. The molecule has 1 aliphatic heterocycles. The maximum Gasteiger partial charge on any atom is 0.391 e. The number of carbonyl (C=O) groups excluding carboxylic acids is 1. The van der Waals surface area contributed by atoms with Crippen molar-refractivity contribution < 1.29 is 22.7 Å². The van der Waals surface area contributed by atoms with Gasteiger partial charge in [-0.1, -0.05) is 0 Å². The first kappa shape index (κ1) is 12.7. The molecule has 98 valence electrons. The highest BCUT2D eigenvalue weighted by atomic mass is 19.4. The van der Waals surface area contributed by atoms with Crippen LogP contribution in [0, 0.1) is 11.8 Å². The van der Waals surface area contributed by atoms with E-state index in [2.05, 4.69) is 5.32 Å². The molecule has 0 atom stereocenters. The van der Waals surface area contributed by atoms with Crippen molar-refractivity contribution in [3.8, 4) is 0 Å². The molecule has 2 aliphatic rings. The Morgan fingerprint density at radius 3 is 2.12 bits per heavy atom. The van der Waals surface area contributed by atoms with Crippen molar-refractivity contribution in [3.63, 3.8) is 0 Å². The topological polar surface area (TPSA) is 38.3 Å². The second-order valence-corrected chi connectivity index (χ2v) is 4.83. The number of halogens is 3. The van der Waals surface area contributed by atoms with Crippen LogP contribution in [0.15, 0.2) is 0 Å². The van der Waals surface area contributed by atoms with Gasteiger partial charge in [0, 0.05) is 5.92 Å². The maximum atomic E-state index is 12.4. The summed E-state index contributed by atoms with van der Waals surface area (Å²) in [6, 6.07) is 0.0582. The monoisotopic (exact) mass is 251 g/mol. The molecule has 1 saturated carbocycles. The molecule has 1 N–H and O–H groups in total. The normalized spacial score (nSPS) is 30.8. The number of nitrogens with one attached hydrogen (secondary N) is 1. The SMILES string of the molecule is O=C(NC1COC1)C1CCC(C(F)(F)F)CC1. The van der Waals surface area contributed by atoms with Crippen LogP contribution >= 0.6 is 0 Å². The molecule has 1 saturated heterocycles. The van der Waals surface area contributed by atoms with E-state index in [0.29, 0.717) is 26.1 Å². The summed E-state index contributed by atoms with van der Waals surface area (Å²) in [6.45, 7) is 1.03. The Hall–Kier alpha value is -0.780. The Balaban J connectivity index is 1.76. The highest BCUT2D eigenvalue weighted by Gasteiger charge is 2.42. The predicted molar refractivity (Wildman–Crippen MR) is 54.3 cm³/mol. The van der Waals surface area contributed by atoms with E-state index < -0.39 is 12.1 Å². The third kappa shape index (κ3) is 3.12. The molecule has 0 aromatic carbocycles. The van der Waals surface area contributed by atoms with Crippen LogP contribution in [-0.4, -0.2) is 31.3 Å². The van der Waals surface area contributed by atoms with Crippen LogP contribution in [0.3, 0.4) is 0 Å². The fourth-order valence-corrected chi connectivity index (χ4v) is 2.32. The summed E-state index contributed by atoms with van der Waals surface area (Å²) in [5.74, 6) is -1.59. The van der Waals surface area contributed by atoms with Crippen molar-refractivity contribution in [1.82, 2.24) is 5.32 Å². The van der Waals surface area contributed by atoms with Crippen LogP contribution in [0.4, 0.5) is 13.2 Å². The Morgan fingerprint density at radius 2 is 1.71 bits per heavy atom. The van der Waals surface area contributed by atoms with E-state index >= 15 is 0 Å². The summed E-state index contributed by atoms with van der Waals surface area (Å²) in [4.78, 5) is 11.7. The first-order valence-electron chi connectivity index (χ1n) is 5.91. The lowest BCUT2D eigenvalue weighted by Crippen LogP contribution is -2.50. The third-order valence-corrected chi connectivity index (χ3v) is 3.55. The molecule has 1 heterocycles. The molecular weight excluding hydrogens is 235 g/mol. The van der Waals surface area contributed by atoms with Gasteiger partial charge in [0.15, 0.2) is 0 Å². The van der Waals surface area contributed by atoms with Gasteiger partial charge in [-0.05, 0) is 25.7 Å². The summed E-state index contributed by atoms with van der Waals surface area (Å²) >= 11 is 0. The molecule has 0 bridgehead atoms. The zero-order chi connectivity index (χ0) is 12.5. The van der Waals surface area contributed by atoms with Gasteiger partial charge in [0.2, 0.25) is 5.91 Å². The molecule has 0 aromatic rings. The van der Waals surface area contributed by atoms with Gasteiger partial charge in [0.05, 0.1) is 25.2 Å². The van der Waals surface area contributed by atoms with E-state index in [1.807, 2.05) is 0 Å². The summed E-state index contributed by atoms with van der Waals surface area (Å²) in [7, 11) is 0. The summed E-state index contributed by atoms with van der Waals surface area (Å²) in [6.07, 6.45) is -3.29. The molecule has 0 spiro atoms. The Kier molecular flexibility index (Phi) is 3.61. The lowest BCUT2D eigenvalue weighted by Gasteiger charge is -2.32. The molecule has 0 radical (unpaired) electrons. The van der Waals surface area contributed by atoms with Crippen molar-refractivity contribution in [3.05, 3.63) is 0 Å². The molecule has 6 heteroatoms. The molecule has 0 aromatic heterocycles. The van der Waals surface area contributed by atoms with Gasteiger partial charge in [0.1, 0.15) is 0 Å². The van der Waals surface area contributed by atoms with Gasteiger partial charge in [0.25, 0.3) is 0 Å². The number of rotatable bonds is 2. The lowest BCUT2D eigenvalue weighted by atomic mass is 9.81. The van der Waals surface area contributed by atoms with E-state index in [4.69, 9.17) is 4.74 Å². The lowest BCUT2D eigenvalue weighted by molar-refractivity contribution is -0.184. The van der Waals surface area contributed by atoms with Gasteiger partial charge < -0.3 is 10.1 Å². The number of carbonyl (C=O) groups is 1. The maximum absolute atomic E-state index is 12.4. The van der Waals surface area contributed by atoms with Crippen molar-refractivity contribution in [1.29, 1.82) is 0 Å². The third-order valence-electron chi connectivity index (χ3n) is 3.55. The minimum Gasteiger partial charge on any atom is -0.377 e. The van der Waals surface area contributed by atoms with Crippen molar-refractivity contribution >= 4 is 5.91 Å². The van der Waals surface area contributed by atoms with Gasteiger partial charge in [-0.2, -0.15) is 13.2 Å². The van der Waals surface area contributed by atoms with Gasteiger partial charge in [-0.3, -0.25) is 4.79 Å². The van der Waals surface area contributed by atoms with Crippen molar-refractivity contribution in [2.75, 3.05) is 13.2 Å². The van der Waals surface area contributed by atoms with E-state index in [-0.39, 0.29) is 30.7 Å². The molecule has 1 aliphatic carbocycles. The Labute approximate surface area is 97.7 Å². The molecule has 3 nitrogen and oxygen atoms in total. The number of amides is 1. The predicted octanol–water partition coefficient (Wildman–Crippen LogP) is 1.87. The molecule has 2 rings (SSSR count). The minimum atomic E-state index is -4.11. The number of hydrogen-bond acceptors (Lipinski definition) is 2. The first-order chi connectivity index (χ1) is 7.97. The van der Waals surface area contributed by atoms with Crippen LogP contribution in [0.5, 0.6) is 0 Å². The Bertz CT molecular complexity index is 281. The number of hydrogen-bond donors (Lipinski definition) is 1. The summed E-state index contributed by atoms with van der Waals surface area (Å²) < 4.78 is 42.2. The average molecular weight is 251 g/mol. The van der Waals surface area contributed by atoms with Crippen LogP contribution in [0.25, 0.3) is 0 Å². The standard InChI is InChI=1S/C11H16F3NO2/c12-11(13,14)8-3-1-7(2-4-8)10(16)15-9-5-17-6-9/h7-9H,1-6H2,(H,15,16). The van der Waals surface area contributed by atoms with Crippen LogP contribution < -0.4 is 5.32 Å². The van der Waals surface area contributed by atoms with E-state index in [1.54, 1.807) is 0 Å². The smallest absolute Gasteiger partial charge is 0.377 e. The van der Waals surface area contributed by atoms with Gasteiger partial charge in [-0.15, -0.1) is 0 Å².